The van der Waals surface area contributed by atoms with E-state index in [4.69, 9.17) is 10.5 Å². The topological polar surface area (TPSA) is 60.0 Å². The zero-order valence-electron chi connectivity index (χ0n) is 14.8. The minimum atomic E-state index is 0.284. The number of nitrogens with zero attached hydrogens (tertiary/aromatic N) is 2. The van der Waals surface area contributed by atoms with Crippen LogP contribution in [0.1, 0.15) is 37.0 Å². The van der Waals surface area contributed by atoms with E-state index in [1.807, 2.05) is 42.5 Å². The van der Waals surface area contributed by atoms with Gasteiger partial charge in [0.1, 0.15) is 0 Å². The van der Waals surface area contributed by atoms with Gasteiger partial charge in [-0.15, -0.1) is 5.10 Å². The second kappa shape index (κ2) is 10.7. The maximum atomic E-state index is 5.87. The molecule has 0 aromatic heterocycles. The molecule has 0 aliphatic heterocycles. The fraction of sp³-hybridized carbons (Fsp3) is 0.300. The number of benzene rings is 2. The third-order valence-electron chi connectivity index (χ3n) is 3.68. The van der Waals surface area contributed by atoms with Gasteiger partial charge in [0.15, 0.2) is 5.17 Å². The third-order valence-corrected chi connectivity index (χ3v) is 4.54. The van der Waals surface area contributed by atoms with E-state index in [-0.39, 0.29) is 6.10 Å². The maximum absolute atomic E-state index is 5.87. The fourth-order valence-corrected chi connectivity index (χ4v) is 2.58. The van der Waals surface area contributed by atoms with Crippen molar-refractivity contribution in [1.82, 2.24) is 0 Å². The van der Waals surface area contributed by atoms with Crippen LogP contribution in [0.3, 0.4) is 0 Å². The smallest absolute Gasteiger partial charge is 0.180 e. The first-order chi connectivity index (χ1) is 12.2. The summed E-state index contributed by atoms with van der Waals surface area (Å²) in [5.41, 5.74) is 9.22. The summed E-state index contributed by atoms with van der Waals surface area (Å²) in [5, 5.41) is 8.54. The van der Waals surface area contributed by atoms with Crippen LogP contribution in [0.15, 0.2) is 64.8 Å². The first-order valence-electron chi connectivity index (χ1n) is 8.41. The highest BCUT2D eigenvalue weighted by atomic mass is 32.2. The van der Waals surface area contributed by atoms with E-state index >= 15 is 0 Å². The molecule has 132 valence electrons. The predicted octanol–water partition coefficient (Wildman–Crippen LogP) is 4.58. The van der Waals surface area contributed by atoms with Gasteiger partial charge >= 0.3 is 0 Å². The second-order valence-electron chi connectivity index (χ2n) is 5.73. The summed E-state index contributed by atoms with van der Waals surface area (Å²) in [4.78, 5) is 0. The molecule has 2 N–H and O–H groups in total. The van der Waals surface area contributed by atoms with Crippen molar-refractivity contribution in [3.63, 3.8) is 0 Å². The van der Waals surface area contributed by atoms with Gasteiger partial charge in [-0.1, -0.05) is 73.3 Å². The molecule has 2 aromatic rings. The Bertz CT molecular complexity index is 684. The number of hydrogen-bond donors (Lipinski definition) is 1. The van der Waals surface area contributed by atoms with Crippen molar-refractivity contribution in [3.05, 3.63) is 71.3 Å². The first kappa shape index (κ1) is 19.2. The lowest BCUT2D eigenvalue weighted by Gasteiger charge is -2.10. The van der Waals surface area contributed by atoms with Crippen LogP contribution in [0.25, 0.3) is 0 Å². The van der Waals surface area contributed by atoms with Crippen molar-refractivity contribution in [2.75, 3.05) is 0 Å². The van der Waals surface area contributed by atoms with Crippen LogP contribution in [-0.4, -0.2) is 17.5 Å². The molecular weight excluding hydrogens is 330 g/mol. The Hall–Kier alpha value is -2.11. The van der Waals surface area contributed by atoms with Crippen LogP contribution in [0.5, 0.6) is 0 Å². The molecule has 5 heteroatoms. The predicted molar refractivity (Wildman–Crippen MR) is 108 cm³/mol. The summed E-state index contributed by atoms with van der Waals surface area (Å²) in [7, 11) is 0. The Morgan fingerprint density at radius 1 is 1.12 bits per heavy atom. The maximum Gasteiger partial charge on any atom is 0.180 e. The minimum absolute atomic E-state index is 0.284. The van der Waals surface area contributed by atoms with Crippen LogP contribution >= 0.6 is 11.8 Å². The van der Waals surface area contributed by atoms with Crippen molar-refractivity contribution in [2.45, 2.75) is 38.7 Å². The average molecular weight is 356 g/mol. The van der Waals surface area contributed by atoms with Crippen molar-refractivity contribution in [2.24, 2.45) is 15.9 Å². The van der Waals surface area contributed by atoms with Crippen LogP contribution in [-0.2, 0) is 17.1 Å². The molecule has 2 aromatic carbocycles. The van der Waals surface area contributed by atoms with Crippen LogP contribution in [0, 0.1) is 0 Å². The standard InChI is InChI=1S/C20H25N3OS/c1-3-16(2)24-14-18-11-9-17(10-12-18)13-22-23-20(21)25-15-19-7-5-4-6-8-19/h4-13,16H,3,14-15H2,1-2H3,(H2,21,23). The summed E-state index contributed by atoms with van der Waals surface area (Å²) < 4.78 is 5.72. The van der Waals surface area contributed by atoms with Gasteiger partial charge in [0.25, 0.3) is 0 Å². The highest BCUT2D eigenvalue weighted by Gasteiger charge is 1.99. The van der Waals surface area contributed by atoms with Gasteiger partial charge < -0.3 is 10.5 Å². The zero-order valence-corrected chi connectivity index (χ0v) is 15.6. The molecule has 0 spiro atoms. The molecule has 0 saturated carbocycles. The van der Waals surface area contributed by atoms with Crippen LogP contribution < -0.4 is 5.73 Å². The van der Waals surface area contributed by atoms with Gasteiger partial charge in [0.05, 0.1) is 18.9 Å². The second-order valence-corrected chi connectivity index (χ2v) is 6.72. The van der Waals surface area contributed by atoms with Gasteiger partial charge in [-0.05, 0) is 30.0 Å². The molecule has 4 nitrogen and oxygen atoms in total. The molecule has 1 atom stereocenters. The van der Waals surface area contributed by atoms with E-state index in [0.29, 0.717) is 11.8 Å². The lowest BCUT2D eigenvalue weighted by atomic mass is 10.1. The van der Waals surface area contributed by atoms with Gasteiger partial charge in [-0.25, -0.2) is 0 Å². The molecule has 0 saturated heterocycles. The van der Waals surface area contributed by atoms with Crippen molar-refractivity contribution < 1.29 is 4.74 Å². The third kappa shape index (κ3) is 7.54. The number of rotatable bonds is 8. The van der Waals surface area contributed by atoms with E-state index in [9.17, 15) is 0 Å². The van der Waals surface area contributed by atoms with Gasteiger partial charge in [0, 0.05) is 5.75 Å². The largest absolute Gasteiger partial charge is 0.377 e. The van der Waals surface area contributed by atoms with E-state index < -0.39 is 0 Å². The molecule has 0 fully saturated rings. The van der Waals surface area contributed by atoms with Gasteiger partial charge in [-0.3, -0.25) is 0 Å². The molecule has 0 aliphatic carbocycles. The molecule has 0 aliphatic rings. The molecule has 0 amide bonds. The van der Waals surface area contributed by atoms with E-state index in [1.54, 1.807) is 6.21 Å². The fourth-order valence-electron chi connectivity index (χ4n) is 1.97. The lowest BCUT2D eigenvalue weighted by Crippen LogP contribution is -2.06. The molecule has 0 radical (unpaired) electrons. The monoisotopic (exact) mass is 355 g/mol. The quantitative estimate of drug-likeness (QED) is 0.428. The zero-order chi connectivity index (χ0) is 17.9. The molecule has 25 heavy (non-hydrogen) atoms. The number of ether oxygens (including phenoxy) is 1. The molecule has 1 unspecified atom stereocenters. The SMILES string of the molecule is CCC(C)OCc1ccc(C=NN=C(N)SCc2ccccc2)cc1. The van der Waals surface area contributed by atoms with E-state index in [2.05, 4.69) is 36.2 Å². The summed E-state index contributed by atoms with van der Waals surface area (Å²) in [5.74, 6) is 0.788. The molecular formula is C20H25N3OS. The van der Waals surface area contributed by atoms with Gasteiger partial charge in [0.2, 0.25) is 0 Å². The van der Waals surface area contributed by atoms with Crippen molar-refractivity contribution in [3.8, 4) is 0 Å². The van der Waals surface area contributed by atoms with Crippen LogP contribution in [0.2, 0.25) is 0 Å². The van der Waals surface area contributed by atoms with E-state index in [1.165, 1.54) is 17.3 Å². The van der Waals surface area contributed by atoms with Gasteiger partial charge in [-0.2, -0.15) is 5.10 Å². The summed E-state index contributed by atoms with van der Waals surface area (Å²) in [6, 6.07) is 18.2. The molecule has 2 rings (SSSR count). The van der Waals surface area contributed by atoms with E-state index in [0.717, 1.165) is 23.3 Å². The average Bonchev–Trinajstić information content (AvgIpc) is 2.66. The first-order valence-corrected chi connectivity index (χ1v) is 9.39. The lowest BCUT2D eigenvalue weighted by molar-refractivity contribution is 0.0508. The minimum Gasteiger partial charge on any atom is -0.377 e. The number of amidine groups is 1. The van der Waals surface area contributed by atoms with Crippen LogP contribution in [0.4, 0.5) is 0 Å². The Morgan fingerprint density at radius 2 is 1.84 bits per heavy atom. The number of hydrogen-bond acceptors (Lipinski definition) is 4. The number of thioether (sulfide) groups is 1. The number of nitrogens with two attached hydrogens (primary N) is 1. The highest BCUT2D eigenvalue weighted by Crippen LogP contribution is 2.11. The van der Waals surface area contributed by atoms with Crippen molar-refractivity contribution in [1.29, 1.82) is 0 Å². The molecule has 0 heterocycles. The molecule has 0 bridgehead atoms. The Balaban J connectivity index is 1.80. The Labute approximate surface area is 154 Å². The summed E-state index contributed by atoms with van der Waals surface area (Å²) >= 11 is 1.48. The Kier molecular flexibility index (Phi) is 8.22. The highest BCUT2D eigenvalue weighted by molar-refractivity contribution is 8.13. The normalized spacial score (nSPS) is 13.3. The summed E-state index contributed by atoms with van der Waals surface area (Å²) in [6.07, 6.45) is 3.01. The van der Waals surface area contributed by atoms with Crippen molar-refractivity contribution >= 4 is 23.1 Å². The summed E-state index contributed by atoms with van der Waals surface area (Å²) in [6.45, 7) is 4.83. The Morgan fingerprint density at radius 3 is 2.52 bits per heavy atom.